The maximum atomic E-state index is 11.7. The van der Waals surface area contributed by atoms with Crippen molar-refractivity contribution in [2.45, 2.75) is 32.2 Å². The molecule has 1 atom stereocenters. The number of carbonyl (C=O) groups is 1. The van der Waals surface area contributed by atoms with Gasteiger partial charge >= 0.3 is 5.97 Å². The lowest BCUT2D eigenvalue weighted by molar-refractivity contribution is -0.142. The molecule has 0 aliphatic rings. The quantitative estimate of drug-likeness (QED) is 0.560. The van der Waals surface area contributed by atoms with Crippen LogP contribution in [-0.4, -0.2) is 39.7 Å². The smallest absolute Gasteiger partial charge is 0.305 e. The number of ether oxygens (including phenoxy) is 1. The van der Waals surface area contributed by atoms with Crippen LogP contribution in [0, 0.1) is 5.92 Å². The van der Waals surface area contributed by atoms with Crippen LogP contribution in [-0.2, 0) is 14.0 Å². The fraction of sp³-hybridized carbons (Fsp3) is 0.409. The summed E-state index contributed by atoms with van der Waals surface area (Å²) in [6.07, 6.45) is 0.144. The molecule has 0 spiro atoms. The summed E-state index contributed by atoms with van der Waals surface area (Å²) in [7, 11) is -1.29. The summed E-state index contributed by atoms with van der Waals surface area (Å²) in [6, 6.07) is 20.6. The molecule has 146 valence electrons. The number of benzene rings is 2. The summed E-state index contributed by atoms with van der Waals surface area (Å²) in [5.41, 5.74) is 0. The van der Waals surface area contributed by atoms with Crippen molar-refractivity contribution in [2.75, 3.05) is 20.3 Å². The first-order valence-corrected chi connectivity index (χ1v) is 11.2. The van der Waals surface area contributed by atoms with Gasteiger partial charge in [-0.25, -0.2) is 0 Å². The molecule has 0 aromatic heterocycles. The Balaban J connectivity index is 2.47. The van der Waals surface area contributed by atoms with E-state index in [0.717, 1.165) is 0 Å². The van der Waals surface area contributed by atoms with Gasteiger partial charge < -0.3 is 14.3 Å². The van der Waals surface area contributed by atoms with Crippen molar-refractivity contribution < 1.29 is 19.1 Å². The Labute approximate surface area is 163 Å². The monoisotopic (exact) mass is 386 g/mol. The van der Waals surface area contributed by atoms with Crippen molar-refractivity contribution in [1.29, 1.82) is 0 Å². The zero-order valence-electron chi connectivity index (χ0n) is 16.6. The Kier molecular flexibility index (Phi) is 7.36. The van der Waals surface area contributed by atoms with E-state index in [1.54, 1.807) is 0 Å². The number of methoxy groups -OCH3 is 1. The highest BCUT2D eigenvalue weighted by Gasteiger charge is 2.50. The predicted octanol–water partition coefficient (Wildman–Crippen LogP) is 2.73. The van der Waals surface area contributed by atoms with Crippen LogP contribution in [0.25, 0.3) is 0 Å². The van der Waals surface area contributed by atoms with Gasteiger partial charge in [-0.1, -0.05) is 81.4 Å². The number of carbonyl (C=O) groups excluding carboxylic acids is 1. The summed E-state index contributed by atoms with van der Waals surface area (Å²) < 4.78 is 11.5. The summed E-state index contributed by atoms with van der Waals surface area (Å²) in [5.74, 6) is -0.626. The number of hydrogen-bond acceptors (Lipinski definition) is 4. The fourth-order valence-electron chi connectivity index (χ4n) is 3.50. The molecule has 0 aliphatic carbocycles. The molecule has 0 saturated carbocycles. The number of rotatable bonds is 8. The molecule has 2 aromatic carbocycles. The lowest BCUT2D eigenvalue weighted by Gasteiger charge is -2.43. The van der Waals surface area contributed by atoms with E-state index in [2.05, 4.69) is 45.0 Å². The molecule has 0 amide bonds. The van der Waals surface area contributed by atoms with Crippen LogP contribution in [0.15, 0.2) is 60.7 Å². The molecule has 4 nitrogen and oxygen atoms in total. The Bertz CT molecular complexity index is 671. The second-order valence-corrected chi connectivity index (χ2v) is 12.1. The normalized spacial score (nSPS) is 13.2. The van der Waals surface area contributed by atoms with E-state index in [0.29, 0.717) is 6.61 Å². The minimum Gasteiger partial charge on any atom is -0.469 e. The van der Waals surface area contributed by atoms with Gasteiger partial charge in [-0.15, -0.1) is 0 Å². The Hall–Kier alpha value is -1.95. The molecule has 27 heavy (non-hydrogen) atoms. The molecule has 0 saturated heterocycles. The van der Waals surface area contributed by atoms with Gasteiger partial charge in [0, 0.05) is 19.1 Å². The minimum absolute atomic E-state index is 0.118. The summed E-state index contributed by atoms with van der Waals surface area (Å²) in [4.78, 5) is 11.7. The van der Waals surface area contributed by atoms with Crippen LogP contribution < -0.4 is 10.4 Å². The SMILES string of the molecule is COC(=O)CC(CO)CO[Si](c1ccccc1)(c1ccccc1)C(C)(C)C. The summed E-state index contributed by atoms with van der Waals surface area (Å²) in [6.45, 7) is 6.79. The predicted molar refractivity (Wildman–Crippen MR) is 111 cm³/mol. The molecule has 0 bridgehead atoms. The van der Waals surface area contributed by atoms with E-state index >= 15 is 0 Å². The first kappa shape index (κ1) is 21.3. The highest BCUT2D eigenvalue weighted by atomic mass is 28.4. The average molecular weight is 387 g/mol. The number of hydrogen-bond donors (Lipinski definition) is 1. The van der Waals surface area contributed by atoms with Gasteiger partial charge in [-0.05, 0) is 15.4 Å². The third kappa shape index (κ3) is 4.86. The third-order valence-electron chi connectivity index (χ3n) is 4.89. The van der Waals surface area contributed by atoms with Gasteiger partial charge in [0.25, 0.3) is 8.32 Å². The molecule has 0 heterocycles. The van der Waals surface area contributed by atoms with Crippen molar-refractivity contribution in [3.8, 4) is 0 Å². The van der Waals surface area contributed by atoms with Crippen molar-refractivity contribution in [1.82, 2.24) is 0 Å². The Morgan fingerprint density at radius 1 is 1.00 bits per heavy atom. The van der Waals surface area contributed by atoms with Crippen LogP contribution in [0.1, 0.15) is 27.2 Å². The first-order valence-electron chi connectivity index (χ1n) is 9.28. The van der Waals surface area contributed by atoms with E-state index in [4.69, 9.17) is 9.16 Å². The van der Waals surface area contributed by atoms with Gasteiger partial charge in [-0.2, -0.15) is 0 Å². The molecule has 1 unspecified atom stereocenters. The summed E-state index contributed by atoms with van der Waals surface area (Å²) in [5, 5.41) is 12.0. The summed E-state index contributed by atoms with van der Waals surface area (Å²) >= 11 is 0. The lowest BCUT2D eigenvalue weighted by atomic mass is 10.1. The molecule has 0 fully saturated rings. The van der Waals surface area contributed by atoms with Crippen LogP contribution >= 0.6 is 0 Å². The van der Waals surface area contributed by atoms with Gasteiger partial charge in [0.15, 0.2) is 0 Å². The van der Waals surface area contributed by atoms with E-state index in [-0.39, 0.29) is 30.0 Å². The van der Waals surface area contributed by atoms with Crippen molar-refractivity contribution in [3.63, 3.8) is 0 Å². The highest BCUT2D eigenvalue weighted by molar-refractivity contribution is 6.99. The van der Waals surface area contributed by atoms with E-state index in [1.165, 1.54) is 17.5 Å². The Morgan fingerprint density at radius 2 is 1.48 bits per heavy atom. The average Bonchev–Trinajstić information content (AvgIpc) is 2.67. The third-order valence-corrected chi connectivity index (χ3v) is 9.90. The maximum Gasteiger partial charge on any atom is 0.305 e. The largest absolute Gasteiger partial charge is 0.469 e. The van der Waals surface area contributed by atoms with Gasteiger partial charge in [0.2, 0.25) is 0 Å². The van der Waals surface area contributed by atoms with Crippen LogP contribution in [0.4, 0.5) is 0 Å². The molecule has 1 N–H and O–H groups in total. The Morgan fingerprint density at radius 3 is 1.85 bits per heavy atom. The molecule has 0 radical (unpaired) electrons. The van der Waals surface area contributed by atoms with E-state index < -0.39 is 8.32 Å². The lowest BCUT2D eigenvalue weighted by Crippen LogP contribution is -2.67. The fourth-order valence-corrected chi connectivity index (χ4v) is 8.14. The highest BCUT2D eigenvalue weighted by Crippen LogP contribution is 2.37. The van der Waals surface area contributed by atoms with Crippen molar-refractivity contribution in [3.05, 3.63) is 60.7 Å². The first-order chi connectivity index (χ1) is 12.8. The van der Waals surface area contributed by atoms with Gasteiger partial charge in [0.05, 0.1) is 13.5 Å². The molecule has 2 rings (SSSR count). The second-order valence-electron chi connectivity index (χ2n) is 7.80. The number of aliphatic hydroxyl groups excluding tert-OH is 1. The van der Waals surface area contributed by atoms with Crippen LogP contribution in [0.3, 0.4) is 0 Å². The van der Waals surface area contributed by atoms with Crippen molar-refractivity contribution >= 4 is 24.7 Å². The molecule has 2 aromatic rings. The zero-order valence-corrected chi connectivity index (χ0v) is 17.6. The standard InChI is InChI=1S/C22H30O4Si/c1-22(2,3)27(19-11-7-5-8-12-19,20-13-9-6-10-14-20)26-17-18(16-23)15-21(24)25-4/h5-14,18,23H,15-17H2,1-4H3. The second kappa shape index (κ2) is 9.31. The van der Waals surface area contributed by atoms with Crippen LogP contribution in [0.2, 0.25) is 5.04 Å². The number of esters is 1. The van der Waals surface area contributed by atoms with E-state index in [1.807, 2.05) is 36.4 Å². The molecule has 0 aliphatic heterocycles. The topological polar surface area (TPSA) is 55.8 Å². The molecular formula is C22H30O4Si. The van der Waals surface area contributed by atoms with Crippen LogP contribution in [0.5, 0.6) is 0 Å². The van der Waals surface area contributed by atoms with Gasteiger partial charge in [-0.3, -0.25) is 4.79 Å². The number of aliphatic hydroxyl groups is 1. The van der Waals surface area contributed by atoms with Gasteiger partial charge in [0.1, 0.15) is 0 Å². The maximum absolute atomic E-state index is 11.7. The molecular weight excluding hydrogens is 356 g/mol. The van der Waals surface area contributed by atoms with Crippen molar-refractivity contribution in [2.24, 2.45) is 5.92 Å². The zero-order chi connectivity index (χ0) is 19.9. The van der Waals surface area contributed by atoms with E-state index in [9.17, 15) is 9.90 Å². The molecule has 5 heteroatoms. The minimum atomic E-state index is -2.65.